The number of amides is 2. The summed E-state index contributed by atoms with van der Waals surface area (Å²) in [5.74, 6) is 1.04. The molecule has 0 bridgehead atoms. The number of nitrogens with zero attached hydrogens (tertiary/aromatic N) is 4. The molecule has 0 aromatic carbocycles. The van der Waals surface area contributed by atoms with Crippen LogP contribution in [0.1, 0.15) is 24.2 Å². The van der Waals surface area contributed by atoms with Crippen LogP contribution in [0.25, 0.3) is 0 Å². The van der Waals surface area contributed by atoms with Gasteiger partial charge in [-0.3, -0.25) is 5.32 Å². The van der Waals surface area contributed by atoms with E-state index in [-0.39, 0.29) is 6.03 Å². The zero-order valence-corrected chi connectivity index (χ0v) is 12.4. The van der Waals surface area contributed by atoms with Crippen molar-refractivity contribution >= 4 is 17.9 Å². The number of rotatable bonds is 4. The van der Waals surface area contributed by atoms with Gasteiger partial charge in [-0.25, -0.2) is 14.8 Å². The van der Waals surface area contributed by atoms with Crippen molar-refractivity contribution in [3.63, 3.8) is 0 Å². The Kier molecular flexibility index (Phi) is 4.17. The maximum absolute atomic E-state index is 11.8. The molecule has 22 heavy (non-hydrogen) atoms. The summed E-state index contributed by atoms with van der Waals surface area (Å²) in [6.07, 6.45) is 4.06. The summed E-state index contributed by atoms with van der Waals surface area (Å²) in [5, 5.41) is 9.00. The van der Waals surface area contributed by atoms with Gasteiger partial charge in [-0.05, 0) is 25.8 Å². The number of hydrogen-bond acceptors (Lipinski definition) is 6. The molecule has 3 heterocycles. The SMILES string of the molecule is Cc1cc(NC(=O)NCc2ccnc(N3CCCC3)n2)on1. The van der Waals surface area contributed by atoms with Crippen molar-refractivity contribution in [1.82, 2.24) is 20.4 Å². The van der Waals surface area contributed by atoms with Gasteiger partial charge in [0.2, 0.25) is 11.8 Å². The second-order valence-electron chi connectivity index (χ2n) is 5.18. The molecule has 1 aliphatic heterocycles. The third-order valence-electron chi connectivity index (χ3n) is 3.38. The molecule has 116 valence electrons. The smallest absolute Gasteiger partial charge is 0.321 e. The van der Waals surface area contributed by atoms with Gasteiger partial charge >= 0.3 is 6.03 Å². The lowest BCUT2D eigenvalue weighted by molar-refractivity contribution is 0.250. The van der Waals surface area contributed by atoms with Crippen LogP contribution in [0.5, 0.6) is 0 Å². The molecule has 0 spiro atoms. The zero-order valence-electron chi connectivity index (χ0n) is 12.4. The topological polar surface area (TPSA) is 96.2 Å². The van der Waals surface area contributed by atoms with Crippen LogP contribution in [0.3, 0.4) is 0 Å². The van der Waals surface area contributed by atoms with Gasteiger partial charge in [0.15, 0.2) is 0 Å². The maximum atomic E-state index is 11.8. The first-order valence-corrected chi connectivity index (χ1v) is 7.26. The summed E-state index contributed by atoms with van der Waals surface area (Å²) >= 11 is 0. The monoisotopic (exact) mass is 302 g/mol. The van der Waals surface area contributed by atoms with E-state index in [1.165, 1.54) is 12.8 Å². The minimum absolute atomic E-state index is 0.315. The first-order valence-electron chi connectivity index (χ1n) is 7.26. The fourth-order valence-corrected chi connectivity index (χ4v) is 2.30. The molecule has 2 N–H and O–H groups in total. The molecule has 0 radical (unpaired) electrons. The number of aryl methyl sites for hydroxylation is 1. The Bertz CT molecular complexity index is 650. The normalized spacial score (nSPS) is 14.1. The van der Waals surface area contributed by atoms with E-state index in [9.17, 15) is 4.79 Å². The molecule has 0 saturated carbocycles. The van der Waals surface area contributed by atoms with E-state index in [1.54, 1.807) is 25.3 Å². The standard InChI is InChI=1S/C14H18N6O2/c1-10-8-12(22-19-10)18-14(21)16-9-11-4-5-15-13(17-11)20-6-2-3-7-20/h4-5,8H,2-3,6-7,9H2,1H3,(H2,16,18,21). The quantitative estimate of drug-likeness (QED) is 0.892. The average molecular weight is 302 g/mol. The van der Waals surface area contributed by atoms with Crippen molar-refractivity contribution in [3.05, 3.63) is 29.7 Å². The predicted molar refractivity (Wildman–Crippen MR) is 80.6 cm³/mol. The van der Waals surface area contributed by atoms with Crippen LogP contribution in [0.15, 0.2) is 22.9 Å². The molecule has 2 amide bonds. The number of anilines is 2. The summed E-state index contributed by atoms with van der Waals surface area (Å²) in [7, 11) is 0. The summed E-state index contributed by atoms with van der Waals surface area (Å²) in [6.45, 7) is 4.08. The summed E-state index contributed by atoms with van der Waals surface area (Å²) in [5.41, 5.74) is 1.47. The number of carbonyl (C=O) groups is 1. The van der Waals surface area contributed by atoms with Crippen LogP contribution >= 0.6 is 0 Å². The van der Waals surface area contributed by atoms with Gasteiger partial charge in [-0.2, -0.15) is 0 Å². The van der Waals surface area contributed by atoms with Crippen LogP contribution in [0, 0.1) is 6.92 Å². The molecular formula is C14H18N6O2. The molecule has 0 atom stereocenters. The Morgan fingerprint density at radius 3 is 2.95 bits per heavy atom. The third kappa shape index (κ3) is 3.51. The van der Waals surface area contributed by atoms with Crippen molar-refractivity contribution in [1.29, 1.82) is 0 Å². The first-order chi connectivity index (χ1) is 10.7. The van der Waals surface area contributed by atoms with Crippen LogP contribution in [0.2, 0.25) is 0 Å². The van der Waals surface area contributed by atoms with Crippen molar-refractivity contribution in [2.45, 2.75) is 26.3 Å². The average Bonchev–Trinajstić information content (AvgIpc) is 3.17. The third-order valence-corrected chi connectivity index (χ3v) is 3.38. The molecule has 1 saturated heterocycles. The Labute approximate surface area is 127 Å². The molecule has 3 rings (SSSR count). The molecular weight excluding hydrogens is 284 g/mol. The Morgan fingerprint density at radius 2 is 2.23 bits per heavy atom. The van der Waals surface area contributed by atoms with Crippen molar-refractivity contribution in [2.24, 2.45) is 0 Å². The lowest BCUT2D eigenvalue weighted by atomic mass is 10.4. The summed E-state index contributed by atoms with van der Waals surface area (Å²) in [4.78, 5) is 22.7. The molecule has 8 heteroatoms. The highest BCUT2D eigenvalue weighted by molar-refractivity contribution is 5.87. The molecule has 8 nitrogen and oxygen atoms in total. The van der Waals surface area contributed by atoms with Crippen molar-refractivity contribution < 1.29 is 9.32 Å². The van der Waals surface area contributed by atoms with E-state index in [2.05, 4.69) is 30.7 Å². The van der Waals surface area contributed by atoms with Gasteiger partial charge in [0.25, 0.3) is 0 Å². The number of nitrogens with one attached hydrogen (secondary N) is 2. The molecule has 0 aliphatic carbocycles. The molecule has 2 aromatic heterocycles. The van der Waals surface area contributed by atoms with Gasteiger partial charge in [-0.15, -0.1) is 0 Å². The van der Waals surface area contributed by atoms with E-state index in [0.29, 0.717) is 18.1 Å². The van der Waals surface area contributed by atoms with E-state index >= 15 is 0 Å². The van der Waals surface area contributed by atoms with Crippen LogP contribution in [0.4, 0.5) is 16.6 Å². The Hall–Kier alpha value is -2.64. The molecule has 0 unspecified atom stereocenters. The lowest BCUT2D eigenvalue weighted by Crippen LogP contribution is -2.29. The predicted octanol–water partition coefficient (Wildman–Crippen LogP) is 1.69. The number of aromatic nitrogens is 3. The van der Waals surface area contributed by atoms with Crippen molar-refractivity contribution in [3.8, 4) is 0 Å². The van der Waals surface area contributed by atoms with Gasteiger partial charge in [0, 0.05) is 25.4 Å². The fourth-order valence-electron chi connectivity index (χ4n) is 2.30. The van der Waals surface area contributed by atoms with E-state index in [1.807, 2.05) is 0 Å². The van der Waals surface area contributed by atoms with Crippen LogP contribution in [-0.4, -0.2) is 34.2 Å². The van der Waals surface area contributed by atoms with E-state index in [0.717, 1.165) is 24.7 Å². The number of hydrogen-bond donors (Lipinski definition) is 2. The van der Waals surface area contributed by atoms with Crippen LogP contribution < -0.4 is 15.5 Å². The van der Waals surface area contributed by atoms with Crippen molar-refractivity contribution in [2.75, 3.05) is 23.3 Å². The molecule has 2 aromatic rings. The second kappa shape index (κ2) is 6.42. The minimum Gasteiger partial charge on any atom is -0.341 e. The summed E-state index contributed by atoms with van der Waals surface area (Å²) < 4.78 is 4.92. The maximum Gasteiger partial charge on any atom is 0.321 e. The minimum atomic E-state index is -0.363. The van der Waals surface area contributed by atoms with E-state index in [4.69, 9.17) is 4.52 Å². The van der Waals surface area contributed by atoms with Gasteiger partial charge in [-0.1, -0.05) is 5.16 Å². The lowest BCUT2D eigenvalue weighted by Gasteiger charge is -2.15. The second-order valence-corrected chi connectivity index (χ2v) is 5.18. The molecule has 1 aliphatic rings. The largest absolute Gasteiger partial charge is 0.341 e. The van der Waals surface area contributed by atoms with E-state index < -0.39 is 0 Å². The fraction of sp³-hybridized carbons (Fsp3) is 0.429. The first kappa shape index (κ1) is 14.3. The highest BCUT2D eigenvalue weighted by atomic mass is 16.5. The van der Waals surface area contributed by atoms with Crippen LogP contribution in [-0.2, 0) is 6.54 Å². The number of urea groups is 1. The zero-order chi connectivity index (χ0) is 15.4. The van der Waals surface area contributed by atoms with Gasteiger partial charge in [0.05, 0.1) is 17.9 Å². The highest BCUT2D eigenvalue weighted by Gasteiger charge is 2.15. The van der Waals surface area contributed by atoms with Gasteiger partial charge in [0.1, 0.15) is 0 Å². The Balaban J connectivity index is 1.54. The number of carbonyl (C=O) groups excluding carboxylic acids is 1. The Morgan fingerprint density at radius 1 is 1.41 bits per heavy atom. The highest BCUT2D eigenvalue weighted by Crippen LogP contribution is 2.15. The molecule has 1 fully saturated rings. The summed E-state index contributed by atoms with van der Waals surface area (Å²) in [6, 6.07) is 3.08. The van der Waals surface area contributed by atoms with Gasteiger partial charge < -0.3 is 14.7 Å².